The summed E-state index contributed by atoms with van der Waals surface area (Å²) in [4.78, 5) is 17.4. The molecule has 1 aromatic rings. The smallest absolute Gasteiger partial charge is 0.226 e. The van der Waals surface area contributed by atoms with Crippen molar-refractivity contribution in [1.82, 2.24) is 4.98 Å². The monoisotopic (exact) mass is 266 g/mol. The van der Waals surface area contributed by atoms with Crippen molar-refractivity contribution in [2.24, 2.45) is 5.92 Å². The summed E-state index contributed by atoms with van der Waals surface area (Å²) in [5.41, 5.74) is 0. The summed E-state index contributed by atoms with van der Waals surface area (Å²) in [5.74, 6) is 0.730. The lowest BCUT2D eigenvalue weighted by molar-refractivity contribution is -0.117. The van der Waals surface area contributed by atoms with Crippen molar-refractivity contribution in [3.63, 3.8) is 0 Å². The maximum absolute atomic E-state index is 11.9. The van der Waals surface area contributed by atoms with Crippen molar-refractivity contribution in [3.8, 4) is 0 Å². The van der Waals surface area contributed by atoms with Gasteiger partial charge >= 0.3 is 0 Å². The number of carbonyl (C=O) groups is 1. The molecule has 0 atom stereocenters. The van der Waals surface area contributed by atoms with Crippen LogP contribution < -0.4 is 5.32 Å². The molecule has 1 N–H and O–H groups in total. The second kappa shape index (κ2) is 6.88. The molecule has 1 heterocycles. The Kier molecular flexibility index (Phi) is 5.17. The molecule has 1 fully saturated rings. The summed E-state index contributed by atoms with van der Waals surface area (Å²) in [6.07, 6.45) is 11.1. The zero-order valence-electron chi connectivity index (χ0n) is 11.1. The van der Waals surface area contributed by atoms with E-state index in [1.807, 2.05) is 6.20 Å². The number of hydrogen-bond acceptors (Lipinski definition) is 3. The van der Waals surface area contributed by atoms with Gasteiger partial charge in [0.05, 0.1) is 0 Å². The van der Waals surface area contributed by atoms with Crippen LogP contribution in [0.15, 0.2) is 6.20 Å². The fourth-order valence-corrected chi connectivity index (χ4v) is 3.48. The highest BCUT2D eigenvalue weighted by Crippen LogP contribution is 2.27. The SMILES string of the molecule is CCCc1cnc(NC(=O)CC2CCCCC2)s1. The van der Waals surface area contributed by atoms with Gasteiger partial charge in [-0.25, -0.2) is 4.98 Å². The quantitative estimate of drug-likeness (QED) is 0.875. The lowest BCUT2D eigenvalue weighted by atomic mass is 9.87. The lowest BCUT2D eigenvalue weighted by Gasteiger charge is -2.20. The Labute approximate surface area is 113 Å². The van der Waals surface area contributed by atoms with Gasteiger partial charge in [0.2, 0.25) is 5.91 Å². The summed E-state index contributed by atoms with van der Waals surface area (Å²) in [5, 5.41) is 3.70. The molecule has 4 heteroatoms. The molecule has 0 bridgehead atoms. The van der Waals surface area contributed by atoms with E-state index in [4.69, 9.17) is 0 Å². The second-order valence-corrected chi connectivity index (χ2v) is 6.25. The first kappa shape index (κ1) is 13.5. The fourth-order valence-electron chi connectivity index (χ4n) is 2.55. The summed E-state index contributed by atoms with van der Waals surface area (Å²) in [6.45, 7) is 2.15. The number of hydrogen-bond donors (Lipinski definition) is 1. The van der Waals surface area contributed by atoms with Crippen LogP contribution in [-0.2, 0) is 11.2 Å². The van der Waals surface area contributed by atoms with Crippen molar-refractivity contribution in [3.05, 3.63) is 11.1 Å². The van der Waals surface area contributed by atoms with Gasteiger partial charge in [0.25, 0.3) is 0 Å². The first-order valence-corrected chi connectivity index (χ1v) is 7.84. The van der Waals surface area contributed by atoms with Gasteiger partial charge in [-0.1, -0.05) is 32.6 Å². The van der Waals surface area contributed by atoms with Crippen LogP contribution in [0.5, 0.6) is 0 Å². The highest BCUT2D eigenvalue weighted by atomic mass is 32.1. The third-order valence-corrected chi connectivity index (χ3v) is 4.47. The van der Waals surface area contributed by atoms with Gasteiger partial charge in [-0.05, 0) is 25.2 Å². The van der Waals surface area contributed by atoms with E-state index < -0.39 is 0 Å². The fraction of sp³-hybridized carbons (Fsp3) is 0.714. The number of thiazole rings is 1. The van der Waals surface area contributed by atoms with E-state index in [1.54, 1.807) is 11.3 Å². The zero-order chi connectivity index (χ0) is 12.8. The Balaban J connectivity index is 1.78. The minimum Gasteiger partial charge on any atom is -0.302 e. The highest BCUT2D eigenvalue weighted by molar-refractivity contribution is 7.15. The van der Waals surface area contributed by atoms with Crippen LogP contribution >= 0.6 is 11.3 Å². The number of rotatable bonds is 5. The van der Waals surface area contributed by atoms with Crippen molar-refractivity contribution in [2.45, 2.75) is 58.3 Å². The summed E-state index contributed by atoms with van der Waals surface area (Å²) in [7, 11) is 0. The molecule has 18 heavy (non-hydrogen) atoms. The third kappa shape index (κ3) is 4.09. The van der Waals surface area contributed by atoms with Gasteiger partial charge in [-0.15, -0.1) is 11.3 Å². The number of nitrogens with zero attached hydrogens (tertiary/aromatic N) is 1. The van der Waals surface area contributed by atoms with Crippen molar-refractivity contribution in [2.75, 3.05) is 5.32 Å². The largest absolute Gasteiger partial charge is 0.302 e. The highest BCUT2D eigenvalue weighted by Gasteiger charge is 2.17. The van der Waals surface area contributed by atoms with Crippen LogP contribution in [-0.4, -0.2) is 10.9 Å². The molecule has 0 aliphatic heterocycles. The second-order valence-electron chi connectivity index (χ2n) is 5.14. The normalized spacial score (nSPS) is 16.7. The summed E-state index contributed by atoms with van der Waals surface area (Å²) in [6, 6.07) is 0. The Hall–Kier alpha value is -0.900. The molecular formula is C14H22N2OS. The summed E-state index contributed by atoms with van der Waals surface area (Å²) < 4.78 is 0. The lowest BCUT2D eigenvalue weighted by Crippen LogP contribution is -2.18. The molecule has 1 amide bonds. The third-order valence-electron chi connectivity index (χ3n) is 3.50. The van der Waals surface area contributed by atoms with E-state index in [1.165, 1.54) is 37.0 Å². The topological polar surface area (TPSA) is 42.0 Å². The van der Waals surface area contributed by atoms with Crippen molar-refractivity contribution < 1.29 is 4.79 Å². The van der Waals surface area contributed by atoms with Crippen LogP contribution in [0.25, 0.3) is 0 Å². The molecule has 0 unspecified atom stereocenters. The zero-order valence-corrected chi connectivity index (χ0v) is 11.9. The average Bonchev–Trinajstić information content (AvgIpc) is 2.78. The van der Waals surface area contributed by atoms with Crippen molar-refractivity contribution in [1.29, 1.82) is 0 Å². The van der Waals surface area contributed by atoms with Crippen LogP contribution in [0.2, 0.25) is 0 Å². The van der Waals surface area contributed by atoms with Gasteiger partial charge in [0.1, 0.15) is 0 Å². The number of carbonyl (C=O) groups excluding carboxylic acids is 1. The van der Waals surface area contributed by atoms with Crippen LogP contribution in [0, 0.1) is 5.92 Å². The summed E-state index contributed by atoms with van der Waals surface area (Å²) >= 11 is 1.60. The average molecular weight is 266 g/mol. The first-order chi connectivity index (χ1) is 8.78. The van der Waals surface area contributed by atoms with Gasteiger partial charge in [0.15, 0.2) is 5.13 Å². The van der Waals surface area contributed by atoms with E-state index in [9.17, 15) is 4.79 Å². The molecule has 1 saturated carbocycles. The minimum atomic E-state index is 0.138. The van der Waals surface area contributed by atoms with E-state index >= 15 is 0 Å². The molecule has 100 valence electrons. The van der Waals surface area contributed by atoms with E-state index in [0.717, 1.165) is 18.0 Å². The molecule has 2 rings (SSSR count). The standard InChI is InChI=1S/C14H22N2OS/c1-2-6-12-10-15-14(18-12)16-13(17)9-11-7-4-3-5-8-11/h10-11H,2-9H2,1H3,(H,15,16,17). The number of nitrogens with one attached hydrogen (secondary N) is 1. The predicted octanol–water partition coefficient (Wildman–Crippen LogP) is 4.00. The van der Waals surface area contributed by atoms with Gasteiger partial charge in [-0.3, -0.25) is 4.79 Å². The number of aryl methyl sites for hydroxylation is 1. The van der Waals surface area contributed by atoms with Crippen molar-refractivity contribution >= 4 is 22.4 Å². The van der Waals surface area contributed by atoms with Crippen LogP contribution in [0.3, 0.4) is 0 Å². The molecule has 0 aromatic carbocycles. The molecule has 0 radical (unpaired) electrons. The van der Waals surface area contributed by atoms with Gasteiger partial charge in [0, 0.05) is 17.5 Å². The Morgan fingerprint density at radius 2 is 2.22 bits per heavy atom. The maximum atomic E-state index is 11.9. The minimum absolute atomic E-state index is 0.138. The molecule has 1 aromatic heterocycles. The molecule has 1 aliphatic carbocycles. The Morgan fingerprint density at radius 3 is 2.94 bits per heavy atom. The number of amides is 1. The Bertz CT molecular complexity index is 383. The number of aromatic nitrogens is 1. The molecule has 3 nitrogen and oxygen atoms in total. The van der Waals surface area contributed by atoms with Gasteiger partial charge < -0.3 is 5.32 Å². The van der Waals surface area contributed by atoms with E-state index in [0.29, 0.717) is 12.3 Å². The van der Waals surface area contributed by atoms with Gasteiger partial charge in [-0.2, -0.15) is 0 Å². The molecule has 1 aliphatic rings. The number of anilines is 1. The Morgan fingerprint density at radius 1 is 1.44 bits per heavy atom. The first-order valence-electron chi connectivity index (χ1n) is 7.02. The van der Waals surface area contributed by atoms with E-state index in [2.05, 4.69) is 17.2 Å². The van der Waals surface area contributed by atoms with E-state index in [-0.39, 0.29) is 5.91 Å². The van der Waals surface area contributed by atoms with Crippen LogP contribution in [0.1, 0.15) is 56.7 Å². The molecule has 0 spiro atoms. The molecular weight excluding hydrogens is 244 g/mol. The molecule has 0 saturated heterocycles. The predicted molar refractivity (Wildman–Crippen MR) is 75.9 cm³/mol. The van der Waals surface area contributed by atoms with Crippen LogP contribution in [0.4, 0.5) is 5.13 Å². The maximum Gasteiger partial charge on any atom is 0.226 e.